The largest absolute Gasteiger partial charge is 0.368 e. The van der Waals surface area contributed by atoms with Gasteiger partial charge < -0.3 is 9.80 Å². The molecule has 1 amide bonds. The van der Waals surface area contributed by atoms with Gasteiger partial charge >= 0.3 is 0 Å². The van der Waals surface area contributed by atoms with E-state index < -0.39 is 0 Å². The fourth-order valence-corrected chi connectivity index (χ4v) is 3.81. The first-order valence-electron chi connectivity index (χ1n) is 8.32. The number of halogens is 1. The summed E-state index contributed by atoms with van der Waals surface area (Å²) in [6.45, 7) is 9.36. The molecule has 0 saturated carbocycles. The number of rotatable bonds is 3. The van der Waals surface area contributed by atoms with E-state index in [2.05, 4.69) is 76.1 Å². The normalized spacial score (nSPS) is 15.2. The van der Waals surface area contributed by atoms with Crippen LogP contribution in [-0.2, 0) is 0 Å². The van der Waals surface area contributed by atoms with Crippen molar-refractivity contribution in [2.75, 3.05) is 31.1 Å². The number of hydrogen-bond acceptors (Lipinski definition) is 3. The van der Waals surface area contributed by atoms with Crippen LogP contribution in [-0.4, -0.2) is 47.2 Å². The van der Waals surface area contributed by atoms with Crippen LogP contribution in [0.5, 0.6) is 0 Å². The Morgan fingerprint density at radius 1 is 1.25 bits per heavy atom. The molecule has 0 aliphatic carbocycles. The van der Waals surface area contributed by atoms with Crippen molar-refractivity contribution in [1.29, 1.82) is 0 Å². The molecule has 1 fully saturated rings. The van der Waals surface area contributed by atoms with Gasteiger partial charge in [0.25, 0.3) is 5.91 Å². The molecular formula is C18H23BrN4O. The first kappa shape index (κ1) is 17.0. The van der Waals surface area contributed by atoms with Crippen molar-refractivity contribution in [3.05, 3.63) is 45.7 Å². The summed E-state index contributed by atoms with van der Waals surface area (Å²) < 4.78 is 0.795. The summed E-state index contributed by atoms with van der Waals surface area (Å²) in [6.07, 6.45) is 0. The highest BCUT2D eigenvalue weighted by molar-refractivity contribution is 9.10. The maximum Gasteiger partial charge on any atom is 0.275 e. The molecule has 128 valence electrons. The Hall–Kier alpha value is -1.82. The minimum atomic E-state index is -0.00563. The third kappa shape index (κ3) is 3.34. The second kappa shape index (κ2) is 6.97. The Bertz CT molecular complexity index is 732. The van der Waals surface area contributed by atoms with Crippen molar-refractivity contribution in [3.8, 4) is 0 Å². The number of anilines is 1. The molecule has 0 atom stereocenters. The predicted octanol–water partition coefficient (Wildman–Crippen LogP) is 3.57. The standard InChI is InChI=1S/C18H23BrN4O/c1-12(2)16-15(19)17(21-20-16)18(24)23-9-7-22(8-10-23)14-6-4-5-13(3)11-14/h4-6,11-12H,7-10H2,1-3H3,(H,20,21). The van der Waals surface area contributed by atoms with Gasteiger partial charge in [0.1, 0.15) is 0 Å². The second-order valence-electron chi connectivity index (χ2n) is 6.57. The fraction of sp³-hybridized carbons (Fsp3) is 0.444. The average molecular weight is 391 g/mol. The molecule has 1 aliphatic heterocycles. The van der Waals surface area contributed by atoms with Gasteiger partial charge in [0, 0.05) is 31.9 Å². The van der Waals surface area contributed by atoms with Crippen LogP contribution in [0.3, 0.4) is 0 Å². The maximum absolute atomic E-state index is 12.7. The van der Waals surface area contributed by atoms with E-state index in [1.807, 2.05) is 4.90 Å². The minimum absolute atomic E-state index is 0.00563. The summed E-state index contributed by atoms with van der Waals surface area (Å²) >= 11 is 3.52. The number of piperazine rings is 1. The van der Waals surface area contributed by atoms with Gasteiger partial charge in [-0.15, -0.1) is 0 Å². The minimum Gasteiger partial charge on any atom is -0.368 e. The Kier molecular flexibility index (Phi) is 4.94. The van der Waals surface area contributed by atoms with E-state index in [0.717, 1.165) is 23.3 Å². The van der Waals surface area contributed by atoms with Crippen LogP contribution >= 0.6 is 15.9 Å². The lowest BCUT2D eigenvalue weighted by Gasteiger charge is -2.36. The van der Waals surface area contributed by atoms with Crippen molar-refractivity contribution in [1.82, 2.24) is 15.1 Å². The predicted molar refractivity (Wildman–Crippen MR) is 99.7 cm³/mol. The SMILES string of the molecule is Cc1cccc(N2CCN(C(=O)c3n[nH]c(C(C)C)c3Br)CC2)c1. The van der Waals surface area contributed by atoms with Crippen molar-refractivity contribution < 1.29 is 4.79 Å². The lowest BCUT2D eigenvalue weighted by Crippen LogP contribution is -2.49. The summed E-state index contributed by atoms with van der Waals surface area (Å²) in [5.74, 6) is 0.292. The smallest absolute Gasteiger partial charge is 0.275 e. The molecule has 2 aromatic rings. The molecule has 0 radical (unpaired) electrons. The van der Waals surface area contributed by atoms with Crippen molar-refractivity contribution in [2.45, 2.75) is 26.7 Å². The summed E-state index contributed by atoms with van der Waals surface area (Å²) in [7, 11) is 0. The van der Waals surface area contributed by atoms with Gasteiger partial charge in [0.05, 0.1) is 10.2 Å². The van der Waals surface area contributed by atoms with E-state index in [1.165, 1.54) is 11.3 Å². The monoisotopic (exact) mass is 390 g/mol. The third-order valence-electron chi connectivity index (χ3n) is 4.45. The number of H-pyrrole nitrogens is 1. The number of nitrogens with zero attached hydrogens (tertiary/aromatic N) is 3. The number of carbonyl (C=O) groups excluding carboxylic acids is 1. The molecule has 1 aromatic carbocycles. The Labute approximate surface area is 151 Å². The van der Waals surface area contributed by atoms with Gasteiger partial charge in [-0.3, -0.25) is 9.89 Å². The van der Waals surface area contributed by atoms with Crippen LogP contribution in [0.1, 0.15) is 41.5 Å². The summed E-state index contributed by atoms with van der Waals surface area (Å²) in [5.41, 5.74) is 3.94. The zero-order valence-electron chi connectivity index (χ0n) is 14.3. The van der Waals surface area contributed by atoms with Crippen molar-refractivity contribution >= 4 is 27.5 Å². The molecule has 2 heterocycles. The molecule has 0 bridgehead atoms. The highest BCUT2D eigenvalue weighted by Crippen LogP contribution is 2.27. The number of benzene rings is 1. The summed E-state index contributed by atoms with van der Waals surface area (Å²) in [6, 6.07) is 8.50. The van der Waals surface area contributed by atoms with Crippen LogP contribution in [0.2, 0.25) is 0 Å². The van der Waals surface area contributed by atoms with Crippen LogP contribution < -0.4 is 4.90 Å². The average Bonchev–Trinajstić information content (AvgIpc) is 2.96. The zero-order valence-corrected chi connectivity index (χ0v) is 15.9. The quantitative estimate of drug-likeness (QED) is 0.871. The van der Waals surface area contributed by atoms with E-state index in [4.69, 9.17) is 0 Å². The van der Waals surface area contributed by atoms with Crippen LogP contribution in [0.25, 0.3) is 0 Å². The fourth-order valence-electron chi connectivity index (χ4n) is 3.01. The molecule has 1 aliphatic rings. The van der Waals surface area contributed by atoms with Gasteiger partial charge in [-0.25, -0.2) is 0 Å². The van der Waals surface area contributed by atoms with Crippen molar-refractivity contribution in [2.24, 2.45) is 0 Å². The first-order valence-corrected chi connectivity index (χ1v) is 9.11. The third-order valence-corrected chi connectivity index (χ3v) is 5.25. The molecular weight excluding hydrogens is 368 g/mol. The Morgan fingerprint density at radius 3 is 2.54 bits per heavy atom. The highest BCUT2D eigenvalue weighted by Gasteiger charge is 2.27. The molecule has 0 spiro atoms. The number of amides is 1. The van der Waals surface area contributed by atoms with Crippen LogP contribution in [0.4, 0.5) is 5.69 Å². The first-order chi connectivity index (χ1) is 11.5. The molecule has 24 heavy (non-hydrogen) atoms. The number of aromatic amines is 1. The highest BCUT2D eigenvalue weighted by atomic mass is 79.9. The zero-order chi connectivity index (χ0) is 17.3. The summed E-state index contributed by atoms with van der Waals surface area (Å²) in [4.78, 5) is 17.0. The Morgan fingerprint density at radius 2 is 1.96 bits per heavy atom. The van der Waals surface area contributed by atoms with Gasteiger partial charge in [-0.1, -0.05) is 26.0 Å². The van der Waals surface area contributed by atoms with E-state index >= 15 is 0 Å². The van der Waals surface area contributed by atoms with Gasteiger partial charge in [-0.2, -0.15) is 5.10 Å². The number of aryl methyl sites for hydroxylation is 1. The van der Waals surface area contributed by atoms with Gasteiger partial charge in [-0.05, 0) is 46.5 Å². The Balaban J connectivity index is 1.67. The number of aromatic nitrogens is 2. The van der Waals surface area contributed by atoms with Crippen molar-refractivity contribution in [3.63, 3.8) is 0 Å². The molecule has 1 saturated heterocycles. The molecule has 1 N–H and O–H groups in total. The van der Waals surface area contributed by atoms with Gasteiger partial charge in [0.2, 0.25) is 0 Å². The van der Waals surface area contributed by atoms with E-state index in [1.54, 1.807) is 0 Å². The van der Waals surface area contributed by atoms with E-state index in [-0.39, 0.29) is 5.91 Å². The van der Waals surface area contributed by atoms with Crippen LogP contribution in [0.15, 0.2) is 28.7 Å². The lowest BCUT2D eigenvalue weighted by atomic mass is 10.1. The molecule has 6 heteroatoms. The number of hydrogen-bond donors (Lipinski definition) is 1. The number of nitrogens with one attached hydrogen (secondary N) is 1. The van der Waals surface area contributed by atoms with Crippen LogP contribution in [0, 0.1) is 6.92 Å². The lowest BCUT2D eigenvalue weighted by molar-refractivity contribution is 0.0740. The summed E-state index contributed by atoms with van der Waals surface area (Å²) in [5, 5.41) is 7.20. The second-order valence-corrected chi connectivity index (χ2v) is 7.37. The molecule has 3 rings (SSSR count). The molecule has 1 aromatic heterocycles. The van der Waals surface area contributed by atoms with Gasteiger partial charge in [0.15, 0.2) is 5.69 Å². The van der Waals surface area contributed by atoms with E-state index in [0.29, 0.717) is 24.7 Å². The topological polar surface area (TPSA) is 52.2 Å². The maximum atomic E-state index is 12.7. The number of carbonyl (C=O) groups is 1. The molecule has 0 unspecified atom stereocenters. The molecule has 5 nitrogen and oxygen atoms in total. The van der Waals surface area contributed by atoms with E-state index in [9.17, 15) is 4.79 Å².